The van der Waals surface area contributed by atoms with Gasteiger partial charge in [0.2, 0.25) is 5.89 Å². The van der Waals surface area contributed by atoms with Gasteiger partial charge in [0.1, 0.15) is 23.9 Å². The van der Waals surface area contributed by atoms with Gasteiger partial charge < -0.3 is 19.3 Å². The summed E-state index contributed by atoms with van der Waals surface area (Å²) in [6, 6.07) is 3.93. The molecule has 1 amide bonds. The lowest BCUT2D eigenvalue weighted by Gasteiger charge is -2.68. The minimum atomic E-state index is -4.45. The van der Waals surface area contributed by atoms with Crippen molar-refractivity contribution in [1.82, 2.24) is 15.5 Å². The molecule has 0 saturated heterocycles. The second-order valence-corrected chi connectivity index (χ2v) is 9.68. The molecule has 2 aromatic rings. The van der Waals surface area contributed by atoms with E-state index in [1.165, 1.54) is 12.1 Å². The molecule has 1 N–H and O–H groups in total. The van der Waals surface area contributed by atoms with Gasteiger partial charge in [-0.25, -0.2) is 4.39 Å². The average Bonchev–Trinajstić information content (AvgIpc) is 3.23. The molecule has 3 fully saturated rings. The van der Waals surface area contributed by atoms with Crippen LogP contribution in [-0.4, -0.2) is 52.7 Å². The number of aromatic nitrogens is 2. The Morgan fingerprint density at radius 2 is 2.06 bits per heavy atom. The second kappa shape index (κ2) is 8.74. The Labute approximate surface area is 202 Å². The van der Waals surface area contributed by atoms with Crippen molar-refractivity contribution in [3.05, 3.63) is 40.8 Å². The number of hydrogen-bond donors (Lipinski definition) is 1. The zero-order valence-corrected chi connectivity index (χ0v) is 19.1. The van der Waals surface area contributed by atoms with E-state index < -0.39 is 23.8 Å². The highest BCUT2D eigenvalue weighted by atomic mass is 35.5. The van der Waals surface area contributed by atoms with Gasteiger partial charge in [-0.2, -0.15) is 18.2 Å². The predicted octanol–water partition coefficient (Wildman–Crippen LogP) is 3.91. The fraction of sp³-hybridized carbons (Fsp3) is 0.545. The van der Waals surface area contributed by atoms with Gasteiger partial charge in [0.25, 0.3) is 5.91 Å². The van der Waals surface area contributed by atoms with Crippen LogP contribution in [0.15, 0.2) is 27.7 Å². The van der Waals surface area contributed by atoms with Crippen molar-refractivity contribution < 1.29 is 36.4 Å². The Kier molecular flexibility index (Phi) is 5.99. The fourth-order valence-electron chi connectivity index (χ4n) is 4.99. The number of aliphatic imine (C=N–C) groups is 1. The molecule has 8 nitrogen and oxygen atoms in total. The van der Waals surface area contributed by atoms with Crippen LogP contribution in [0.4, 0.5) is 17.6 Å². The Morgan fingerprint density at radius 1 is 1.29 bits per heavy atom. The molecule has 6 rings (SSSR count). The summed E-state index contributed by atoms with van der Waals surface area (Å²) in [7, 11) is 0. The van der Waals surface area contributed by atoms with E-state index in [2.05, 4.69) is 20.4 Å². The van der Waals surface area contributed by atoms with Crippen molar-refractivity contribution in [2.24, 2.45) is 4.99 Å². The highest BCUT2D eigenvalue weighted by Gasteiger charge is 2.72. The van der Waals surface area contributed by atoms with E-state index in [-0.39, 0.29) is 59.6 Å². The van der Waals surface area contributed by atoms with E-state index in [1.54, 1.807) is 0 Å². The number of rotatable bonds is 8. The standard InChI is InChI=1S/C22H21ClF4N4O4/c23-14-2-1-12(5-15(14)24)34-8-18(32)30-21-9-20(10-21,11-21)19-29-17(31-35-19)7-33-13-3-4-28-16(6-13)22(25,26)27/h1-2,5,13H,3-4,6-11H2,(H,30,32). The molecule has 13 heteroatoms. The zero-order valence-electron chi connectivity index (χ0n) is 18.3. The van der Waals surface area contributed by atoms with Crippen LogP contribution in [-0.2, 0) is 21.6 Å². The summed E-state index contributed by atoms with van der Waals surface area (Å²) < 4.78 is 68.3. The Balaban J connectivity index is 1.07. The molecular weight excluding hydrogens is 496 g/mol. The summed E-state index contributed by atoms with van der Waals surface area (Å²) in [6.07, 6.45) is -3.08. The molecule has 35 heavy (non-hydrogen) atoms. The summed E-state index contributed by atoms with van der Waals surface area (Å²) in [4.78, 5) is 20.2. The lowest BCUT2D eigenvalue weighted by atomic mass is 9.39. The van der Waals surface area contributed by atoms with Gasteiger partial charge in [0.05, 0.1) is 16.5 Å². The summed E-state index contributed by atoms with van der Waals surface area (Å²) >= 11 is 5.62. The molecule has 3 aliphatic carbocycles. The first-order valence-electron chi connectivity index (χ1n) is 11.0. The van der Waals surface area contributed by atoms with Crippen LogP contribution in [0.5, 0.6) is 5.75 Å². The summed E-state index contributed by atoms with van der Waals surface area (Å²) in [5.74, 6) is -0.0629. The lowest BCUT2D eigenvalue weighted by molar-refractivity contribution is -0.143. The van der Waals surface area contributed by atoms with Gasteiger partial charge >= 0.3 is 6.18 Å². The van der Waals surface area contributed by atoms with E-state index in [9.17, 15) is 22.4 Å². The van der Waals surface area contributed by atoms with Crippen LogP contribution in [0.1, 0.15) is 43.8 Å². The molecule has 1 atom stereocenters. The Hall–Kier alpha value is -2.73. The highest BCUT2D eigenvalue weighted by Crippen LogP contribution is 2.67. The molecule has 2 heterocycles. The summed E-state index contributed by atoms with van der Waals surface area (Å²) in [5, 5.41) is 6.80. The molecule has 4 aliphatic rings. The number of hydrogen-bond acceptors (Lipinski definition) is 7. The van der Waals surface area contributed by atoms with Gasteiger partial charge in [-0.3, -0.25) is 9.79 Å². The van der Waals surface area contributed by atoms with Crippen LogP contribution < -0.4 is 10.1 Å². The van der Waals surface area contributed by atoms with Gasteiger partial charge in [0.15, 0.2) is 12.4 Å². The largest absolute Gasteiger partial charge is 0.484 e. The van der Waals surface area contributed by atoms with Gasteiger partial charge in [-0.15, -0.1) is 0 Å². The van der Waals surface area contributed by atoms with Crippen molar-refractivity contribution in [2.75, 3.05) is 13.2 Å². The van der Waals surface area contributed by atoms with Crippen LogP contribution in [0.3, 0.4) is 0 Å². The van der Waals surface area contributed by atoms with E-state index in [4.69, 9.17) is 25.6 Å². The van der Waals surface area contributed by atoms with Crippen LogP contribution in [0, 0.1) is 5.82 Å². The molecule has 1 aromatic carbocycles. The van der Waals surface area contributed by atoms with Crippen molar-refractivity contribution in [2.45, 2.75) is 61.9 Å². The number of carbonyl (C=O) groups is 1. The number of amides is 1. The second-order valence-electron chi connectivity index (χ2n) is 9.27. The molecule has 3 saturated carbocycles. The molecular formula is C22H21ClF4N4O4. The first-order chi connectivity index (χ1) is 16.6. The van der Waals surface area contributed by atoms with Crippen molar-refractivity contribution in [3.63, 3.8) is 0 Å². The number of alkyl halides is 3. The molecule has 0 spiro atoms. The molecule has 2 bridgehead atoms. The van der Waals surface area contributed by atoms with Crippen LogP contribution in [0.2, 0.25) is 5.02 Å². The zero-order chi connectivity index (χ0) is 24.8. The average molecular weight is 517 g/mol. The van der Waals surface area contributed by atoms with Gasteiger partial charge in [0, 0.05) is 24.6 Å². The van der Waals surface area contributed by atoms with Crippen LogP contribution in [0.25, 0.3) is 0 Å². The summed E-state index contributed by atoms with van der Waals surface area (Å²) in [6.45, 7) is -0.255. The Bertz CT molecular complexity index is 1150. The van der Waals surface area contributed by atoms with Crippen molar-refractivity contribution in [1.29, 1.82) is 0 Å². The summed E-state index contributed by atoms with van der Waals surface area (Å²) in [5.41, 5.74) is -1.50. The molecule has 1 aliphatic heterocycles. The number of ether oxygens (including phenoxy) is 2. The maximum absolute atomic E-state index is 13.5. The fourth-order valence-corrected chi connectivity index (χ4v) is 5.11. The third-order valence-corrected chi connectivity index (χ3v) is 6.87. The van der Waals surface area contributed by atoms with E-state index in [1.807, 2.05) is 0 Å². The van der Waals surface area contributed by atoms with E-state index in [0.717, 1.165) is 6.07 Å². The first kappa shape index (κ1) is 24.0. The number of benzene rings is 1. The topological polar surface area (TPSA) is 98.8 Å². The third kappa shape index (κ3) is 4.86. The minimum absolute atomic E-state index is 0.0317. The Morgan fingerprint density at radius 3 is 2.77 bits per heavy atom. The first-order valence-corrected chi connectivity index (χ1v) is 11.4. The number of nitrogens with one attached hydrogen (secondary N) is 1. The highest BCUT2D eigenvalue weighted by molar-refractivity contribution is 6.30. The SMILES string of the molecule is O=C(COc1ccc(Cl)c(F)c1)NC12CC(c3nc(COC4CCN=C(C(F)(F)F)C4)no3)(C1)C2. The maximum Gasteiger partial charge on any atom is 0.429 e. The molecule has 1 aromatic heterocycles. The van der Waals surface area contributed by atoms with Gasteiger partial charge in [-0.1, -0.05) is 16.8 Å². The van der Waals surface area contributed by atoms with Crippen molar-refractivity contribution in [3.8, 4) is 5.75 Å². The molecule has 188 valence electrons. The van der Waals surface area contributed by atoms with E-state index >= 15 is 0 Å². The normalized spacial score (nSPS) is 27.5. The smallest absolute Gasteiger partial charge is 0.429 e. The van der Waals surface area contributed by atoms with Crippen molar-refractivity contribution >= 4 is 23.2 Å². The van der Waals surface area contributed by atoms with Gasteiger partial charge in [-0.05, 0) is 37.8 Å². The molecule has 0 radical (unpaired) electrons. The lowest BCUT2D eigenvalue weighted by Crippen LogP contribution is -2.77. The predicted molar refractivity (Wildman–Crippen MR) is 114 cm³/mol. The molecule has 1 unspecified atom stereocenters. The monoisotopic (exact) mass is 516 g/mol. The third-order valence-electron chi connectivity index (χ3n) is 6.57. The number of carbonyl (C=O) groups excluding carboxylic acids is 1. The quantitative estimate of drug-likeness (QED) is 0.534. The number of nitrogens with zero attached hydrogens (tertiary/aromatic N) is 3. The van der Waals surface area contributed by atoms with Crippen LogP contribution >= 0.6 is 11.6 Å². The minimum Gasteiger partial charge on any atom is -0.484 e. The van der Waals surface area contributed by atoms with E-state index in [0.29, 0.717) is 31.6 Å². The maximum atomic E-state index is 13.5. The number of halogens is 5.